The van der Waals surface area contributed by atoms with Crippen LogP contribution in [0.1, 0.15) is 35.3 Å². The van der Waals surface area contributed by atoms with Crippen molar-refractivity contribution in [3.63, 3.8) is 0 Å². The van der Waals surface area contributed by atoms with E-state index in [1.807, 2.05) is 12.1 Å². The van der Waals surface area contributed by atoms with Gasteiger partial charge in [-0.3, -0.25) is 4.79 Å². The van der Waals surface area contributed by atoms with Crippen molar-refractivity contribution < 1.29 is 9.53 Å². The van der Waals surface area contributed by atoms with Crippen LogP contribution >= 0.6 is 23.2 Å². The van der Waals surface area contributed by atoms with E-state index in [9.17, 15) is 4.79 Å². The Hall–Kier alpha value is -1.51. The number of carbonyl (C=O) groups is 1. The predicted molar refractivity (Wildman–Crippen MR) is 84.9 cm³/mol. The number of rotatable bonds is 2. The molecule has 0 aliphatic carbocycles. The van der Waals surface area contributed by atoms with Gasteiger partial charge in [-0.1, -0.05) is 43.1 Å². The van der Waals surface area contributed by atoms with Gasteiger partial charge in [0.2, 0.25) is 0 Å². The molecule has 0 saturated carbocycles. The topological polar surface area (TPSA) is 26.3 Å². The van der Waals surface area contributed by atoms with Crippen LogP contribution in [-0.2, 0) is 5.41 Å². The molecule has 0 fully saturated rings. The zero-order valence-corrected chi connectivity index (χ0v) is 13.3. The Morgan fingerprint density at radius 3 is 2.48 bits per heavy atom. The molecule has 0 atom stereocenters. The van der Waals surface area contributed by atoms with Crippen molar-refractivity contribution in [3.8, 4) is 5.75 Å². The van der Waals surface area contributed by atoms with E-state index in [2.05, 4.69) is 13.8 Å². The van der Waals surface area contributed by atoms with Crippen LogP contribution in [0.25, 0.3) is 0 Å². The van der Waals surface area contributed by atoms with Crippen LogP contribution in [0.3, 0.4) is 0 Å². The SMILES string of the molecule is CC1(C)COc2ccc(C(=O)c3c(Cl)cccc3Cl)cc21. The summed E-state index contributed by atoms with van der Waals surface area (Å²) in [6, 6.07) is 10.5. The molecule has 2 nitrogen and oxygen atoms in total. The third-order valence-corrected chi connectivity index (χ3v) is 4.38. The van der Waals surface area contributed by atoms with E-state index in [0.29, 0.717) is 27.8 Å². The van der Waals surface area contributed by atoms with Crippen molar-refractivity contribution in [2.24, 2.45) is 0 Å². The number of hydrogen-bond acceptors (Lipinski definition) is 2. The largest absolute Gasteiger partial charge is 0.492 e. The fraction of sp³-hybridized carbons (Fsp3) is 0.235. The van der Waals surface area contributed by atoms with Crippen molar-refractivity contribution in [3.05, 3.63) is 63.1 Å². The molecule has 1 heterocycles. The van der Waals surface area contributed by atoms with Crippen LogP contribution in [0.5, 0.6) is 5.75 Å². The average molecular weight is 321 g/mol. The molecular weight excluding hydrogens is 307 g/mol. The van der Waals surface area contributed by atoms with E-state index in [4.69, 9.17) is 27.9 Å². The van der Waals surface area contributed by atoms with E-state index < -0.39 is 0 Å². The molecule has 1 aliphatic rings. The summed E-state index contributed by atoms with van der Waals surface area (Å²) in [5.41, 5.74) is 1.85. The summed E-state index contributed by atoms with van der Waals surface area (Å²) in [6.07, 6.45) is 0. The summed E-state index contributed by atoms with van der Waals surface area (Å²) < 4.78 is 5.64. The predicted octanol–water partition coefficient (Wildman–Crippen LogP) is 4.89. The van der Waals surface area contributed by atoms with Crippen LogP contribution < -0.4 is 4.74 Å². The van der Waals surface area contributed by atoms with Crippen LogP contribution in [0.15, 0.2) is 36.4 Å². The quantitative estimate of drug-likeness (QED) is 0.736. The van der Waals surface area contributed by atoms with Crippen molar-refractivity contribution in [1.82, 2.24) is 0 Å². The molecule has 4 heteroatoms. The van der Waals surface area contributed by atoms with Gasteiger partial charge in [-0.25, -0.2) is 0 Å². The molecule has 3 rings (SSSR count). The van der Waals surface area contributed by atoms with E-state index in [1.165, 1.54) is 0 Å². The summed E-state index contributed by atoms with van der Waals surface area (Å²) in [7, 11) is 0. The lowest BCUT2D eigenvalue weighted by atomic mass is 9.85. The van der Waals surface area contributed by atoms with Crippen LogP contribution in [0, 0.1) is 0 Å². The molecule has 21 heavy (non-hydrogen) atoms. The minimum atomic E-state index is -0.170. The minimum Gasteiger partial charge on any atom is -0.492 e. The Labute approximate surface area is 133 Å². The average Bonchev–Trinajstić information content (AvgIpc) is 2.74. The third kappa shape index (κ3) is 2.43. The van der Waals surface area contributed by atoms with Gasteiger partial charge in [0, 0.05) is 16.5 Å². The van der Waals surface area contributed by atoms with Gasteiger partial charge >= 0.3 is 0 Å². The summed E-state index contributed by atoms with van der Waals surface area (Å²) in [5, 5.41) is 0.729. The second-order valence-corrected chi connectivity index (χ2v) is 6.62. The zero-order valence-electron chi connectivity index (χ0n) is 11.7. The summed E-state index contributed by atoms with van der Waals surface area (Å²) in [5.74, 6) is 0.665. The number of hydrogen-bond donors (Lipinski definition) is 0. The van der Waals surface area contributed by atoms with Crippen LogP contribution in [0.4, 0.5) is 0 Å². The van der Waals surface area contributed by atoms with Gasteiger partial charge in [0.05, 0.1) is 22.2 Å². The number of ether oxygens (including phenoxy) is 1. The highest BCUT2D eigenvalue weighted by molar-refractivity contribution is 6.41. The fourth-order valence-corrected chi connectivity index (χ4v) is 3.09. The van der Waals surface area contributed by atoms with Crippen LogP contribution in [0.2, 0.25) is 10.0 Å². The van der Waals surface area contributed by atoms with Crippen molar-refractivity contribution in [2.75, 3.05) is 6.61 Å². The number of halogens is 2. The number of ketones is 1. The Morgan fingerprint density at radius 2 is 1.81 bits per heavy atom. The van der Waals surface area contributed by atoms with E-state index in [1.54, 1.807) is 24.3 Å². The molecule has 0 radical (unpaired) electrons. The molecule has 0 saturated heterocycles. The van der Waals surface area contributed by atoms with Gasteiger partial charge in [-0.05, 0) is 30.3 Å². The molecule has 0 N–H and O–H groups in total. The lowest BCUT2D eigenvalue weighted by Gasteiger charge is -2.16. The molecule has 108 valence electrons. The van der Waals surface area contributed by atoms with Gasteiger partial charge in [0.15, 0.2) is 5.78 Å². The Balaban J connectivity index is 2.08. The maximum Gasteiger partial charge on any atom is 0.196 e. The molecule has 1 aliphatic heterocycles. The normalized spacial score (nSPS) is 15.4. The molecule has 0 bridgehead atoms. The molecular formula is C17H14Cl2O2. The molecule has 0 spiro atoms. The maximum absolute atomic E-state index is 12.7. The first-order valence-corrected chi connectivity index (χ1v) is 7.42. The summed E-state index contributed by atoms with van der Waals surface area (Å²) >= 11 is 12.2. The van der Waals surface area contributed by atoms with Crippen molar-refractivity contribution >= 4 is 29.0 Å². The van der Waals surface area contributed by atoms with Gasteiger partial charge in [0.1, 0.15) is 5.75 Å². The van der Waals surface area contributed by atoms with E-state index >= 15 is 0 Å². The molecule has 2 aromatic carbocycles. The highest BCUT2D eigenvalue weighted by Crippen LogP contribution is 2.39. The highest BCUT2D eigenvalue weighted by atomic mass is 35.5. The zero-order chi connectivity index (χ0) is 15.2. The molecule has 0 aromatic heterocycles. The first-order chi connectivity index (χ1) is 9.90. The van der Waals surface area contributed by atoms with Crippen molar-refractivity contribution in [1.29, 1.82) is 0 Å². The third-order valence-electron chi connectivity index (χ3n) is 3.75. The second kappa shape index (κ2) is 5.04. The van der Waals surface area contributed by atoms with Crippen LogP contribution in [-0.4, -0.2) is 12.4 Å². The van der Waals surface area contributed by atoms with Gasteiger partial charge in [-0.2, -0.15) is 0 Å². The molecule has 2 aromatic rings. The summed E-state index contributed by atoms with van der Waals surface area (Å²) in [6.45, 7) is 4.80. The van der Waals surface area contributed by atoms with Gasteiger partial charge < -0.3 is 4.74 Å². The first kappa shape index (κ1) is 14.4. The second-order valence-electron chi connectivity index (χ2n) is 5.81. The minimum absolute atomic E-state index is 0.101. The van der Waals surface area contributed by atoms with Gasteiger partial charge in [0.25, 0.3) is 0 Å². The first-order valence-electron chi connectivity index (χ1n) is 6.66. The lowest BCUT2D eigenvalue weighted by Crippen LogP contribution is -2.18. The number of benzene rings is 2. The Bertz CT molecular complexity index is 715. The van der Waals surface area contributed by atoms with E-state index in [-0.39, 0.29) is 11.2 Å². The van der Waals surface area contributed by atoms with Crippen molar-refractivity contribution in [2.45, 2.75) is 19.3 Å². The van der Waals surface area contributed by atoms with E-state index in [0.717, 1.165) is 11.3 Å². The Morgan fingerprint density at radius 1 is 1.14 bits per heavy atom. The monoisotopic (exact) mass is 320 g/mol. The van der Waals surface area contributed by atoms with Gasteiger partial charge in [-0.15, -0.1) is 0 Å². The standard InChI is InChI=1S/C17H14Cl2O2/c1-17(2)9-21-14-7-6-10(8-11(14)17)16(20)15-12(18)4-3-5-13(15)19/h3-8H,9H2,1-2H3. The highest BCUT2D eigenvalue weighted by Gasteiger charge is 2.32. The fourth-order valence-electron chi connectivity index (χ4n) is 2.52. The summed E-state index contributed by atoms with van der Waals surface area (Å²) in [4.78, 5) is 12.7. The molecule has 0 amide bonds. The number of fused-ring (bicyclic) bond motifs is 1. The molecule has 0 unspecified atom stereocenters. The lowest BCUT2D eigenvalue weighted by molar-refractivity contribution is 0.103. The number of carbonyl (C=O) groups excluding carboxylic acids is 1. The smallest absolute Gasteiger partial charge is 0.196 e. The maximum atomic E-state index is 12.7. The Kier molecular flexibility index (Phi) is 3.46.